The molecule has 0 saturated carbocycles. The van der Waals surface area contributed by atoms with Gasteiger partial charge in [0.15, 0.2) is 5.16 Å². The number of carbonyl (C=O) groups is 1. The smallest absolute Gasteiger partial charge is 0.291 e. The molecule has 7 heteroatoms. The van der Waals surface area contributed by atoms with Gasteiger partial charge in [-0.2, -0.15) is 8.78 Å². The van der Waals surface area contributed by atoms with E-state index >= 15 is 0 Å². The van der Waals surface area contributed by atoms with Gasteiger partial charge >= 0.3 is 0 Å². The molecule has 2 aromatic rings. The standard InChI is InChI=1S/C19H23F2N3OS/c1-10-8-11(2)17(12(3)9-10)24-16(25)7-6-15-13(4)22-19(23-14(15)5)26-18(20)21/h8-9,18H,6-7H2,1-5H3,(H,24,25). The molecule has 1 N–H and O–H groups in total. The monoisotopic (exact) mass is 379 g/mol. The van der Waals surface area contributed by atoms with Crippen LogP contribution in [0.15, 0.2) is 17.3 Å². The first-order valence-electron chi connectivity index (χ1n) is 8.34. The number of hydrogen-bond donors (Lipinski definition) is 1. The number of rotatable bonds is 6. The lowest BCUT2D eigenvalue weighted by Crippen LogP contribution is -2.15. The van der Waals surface area contributed by atoms with Crippen LogP contribution in [0.5, 0.6) is 0 Å². The van der Waals surface area contributed by atoms with E-state index in [2.05, 4.69) is 15.3 Å². The lowest BCUT2D eigenvalue weighted by molar-refractivity contribution is -0.116. The molecule has 0 saturated heterocycles. The van der Waals surface area contributed by atoms with Crippen molar-refractivity contribution >= 4 is 23.4 Å². The summed E-state index contributed by atoms with van der Waals surface area (Å²) in [6.07, 6.45) is 0.742. The summed E-state index contributed by atoms with van der Waals surface area (Å²) < 4.78 is 24.9. The normalized spacial score (nSPS) is 11.1. The maximum absolute atomic E-state index is 12.5. The molecule has 1 amide bonds. The average molecular weight is 379 g/mol. The SMILES string of the molecule is Cc1cc(C)c(NC(=O)CCc2c(C)nc(SC(F)F)nc2C)c(C)c1. The summed E-state index contributed by atoms with van der Waals surface area (Å²) in [6, 6.07) is 4.06. The summed E-state index contributed by atoms with van der Waals surface area (Å²) in [5.41, 5.74) is 6.15. The van der Waals surface area contributed by atoms with E-state index in [-0.39, 0.29) is 17.5 Å². The fourth-order valence-electron chi connectivity index (χ4n) is 3.02. The van der Waals surface area contributed by atoms with Crippen molar-refractivity contribution in [3.05, 3.63) is 45.8 Å². The number of aromatic nitrogens is 2. The quantitative estimate of drug-likeness (QED) is 0.573. The van der Waals surface area contributed by atoms with Crippen LogP contribution in [0.1, 0.15) is 40.1 Å². The molecular formula is C19H23F2N3OS. The van der Waals surface area contributed by atoms with E-state index in [1.165, 1.54) is 0 Å². The first kappa shape index (κ1) is 20.3. The zero-order valence-electron chi connectivity index (χ0n) is 15.6. The fraction of sp³-hybridized carbons (Fsp3) is 0.421. The Morgan fingerprint density at radius 1 is 1.08 bits per heavy atom. The largest absolute Gasteiger partial charge is 0.326 e. The molecule has 2 rings (SSSR count). The fourth-order valence-corrected chi connectivity index (χ4v) is 3.56. The lowest BCUT2D eigenvalue weighted by Gasteiger charge is -2.14. The van der Waals surface area contributed by atoms with Crippen LogP contribution < -0.4 is 5.32 Å². The second-order valence-electron chi connectivity index (χ2n) is 6.36. The number of nitrogens with zero attached hydrogens (tertiary/aromatic N) is 2. The van der Waals surface area contributed by atoms with Crippen LogP contribution in [-0.4, -0.2) is 21.6 Å². The molecule has 0 fully saturated rings. The molecule has 0 bridgehead atoms. The molecule has 0 aliphatic carbocycles. The van der Waals surface area contributed by atoms with Crippen molar-refractivity contribution in [3.8, 4) is 0 Å². The summed E-state index contributed by atoms with van der Waals surface area (Å²) >= 11 is 0.331. The van der Waals surface area contributed by atoms with E-state index in [1.807, 2.05) is 32.9 Å². The average Bonchev–Trinajstić information content (AvgIpc) is 2.49. The number of halogens is 2. The van der Waals surface area contributed by atoms with Gasteiger partial charge in [-0.05, 0) is 69.5 Å². The van der Waals surface area contributed by atoms with Crippen LogP contribution >= 0.6 is 11.8 Å². The van der Waals surface area contributed by atoms with Crippen molar-refractivity contribution in [2.24, 2.45) is 0 Å². The van der Waals surface area contributed by atoms with Gasteiger partial charge in [0.1, 0.15) is 0 Å². The molecule has 0 aliphatic rings. The highest BCUT2D eigenvalue weighted by atomic mass is 32.2. The predicted octanol–water partition coefficient (Wildman–Crippen LogP) is 4.90. The molecule has 1 aromatic carbocycles. The van der Waals surface area contributed by atoms with Gasteiger partial charge in [0, 0.05) is 23.5 Å². The third-order valence-electron chi connectivity index (χ3n) is 4.14. The summed E-state index contributed by atoms with van der Waals surface area (Å²) in [4.78, 5) is 20.6. The van der Waals surface area contributed by atoms with Gasteiger partial charge in [-0.1, -0.05) is 17.7 Å². The van der Waals surface area contributed by atoms with Gasteiger partial charge in [0.25, 0.3) is 5.76 Å². The zero-order valence-corrected chi connectivity index (χ0v) is 16.4. The minimum absolute atomic E-state index is 0.0640. The third kappa shape index (κ3) is 5.24. The number of thioether (sulfide) groups is 1. The molecule has 0 unspecified atom stereocenters. The number of anilines is 1. The second-order valence-corrected chi connectivity index (χ2v) is 7.31. The van der Waals surface area contributed by atoms with Crippen LogP contribution in [-0.2, 0) is 11.2 Å². The molecule has 0 spiro atoms. The van der Waals surface area contributed by atoms with Gasteiger partial charge in [-0.3, -0.25) is 4.79 Å². The second kappa shape index (κ2) is 8.58. The third-order valence-corrected chi connectivity index (χ3v) is 4.71. The molecule has 0 radical (unpaired) electrons. The Kier molecular flexibility index (Phi) is 6.69. The van der Waals surface area contributed by atoms with Crippen molar-refractivity contribution in [1.82, 2.24) is 9.97 Å². The molecular weight excluding hydrogens is 356 g/mol. The van der Waals surface area contributed by atoms with Gasteiger partial charge in [0.05, 0.1) is 0 Å². The molecule has 26 heavy (non-hydrogen) atoms. The first-order chi connectivity index (χ1) is 12.2. The first-order valence-corrected chi connectivity index (χ1v) is 9.22. The molecule has 0 aliphatic heterocycles. The van der Waals surface area contributed by atoms with Crippen LogP contribution in [0, 0.1) is 34.6 Å². The number of benzene rings is 1. The van der Waals surface area contributed by atoms with Crippen molar-refractivity contribution < 1.29 is 13.6 Å². The van der Waals surface area contributed by atoms with E-state index in [9.17, 15) is 13.6 Å². The van der Waals surface area contributed by atoms with Gasteiger partial charge in [-0.15, -0.1) is 0 Å². The van der Waals surface area contributed by atoms with Crippen molar-refractivity contribution in [1.29, 1.82) is 0 Å². The Bertz CT molecular complexity index is 778. The summed E-state index contributed by atoms with van der Waals surface area (Å²) in [7, 11) is 0. The van der Waals surface area contributed by atoms with E-state index < -0.39 is 5.76 Å². The predicted molar refractivity (Wildman–Crippen MR) is 101 cm³/mol. The summed E-state index contributed by atoms with van der Waals surface area (Å²) in [6.45, 7) is 9.47. The summed E-state index contributed by atoms with van der Waals surface area (Å²) in [5.74, 6) is -2.64. The van der Waals surface area contributed by atoms with E-state index in [0.717, 1.165) is 27.9 Å². The van der Waals surface area contributed by atoms with Crippen molar-refractivity contribution in [3.63, 3.8) is 0 Å². The topological polar surface area (TPSA) is 54.9 Å². The Balaban J connectivity index is 2.06. The molecule has 4 nitrogen and oxygen atoms in total. The minimum atomic E-state index is -2.55. The molecule has 0 atom stereocenters. The lowest BCUT2D eigenvalue weighted by atomic mass is 10.0. The number of hydrogen-bond acceptors (Lipinski definition) is 4. The highest BCUT2D eigenvalue weighted by Crippen LogP contribution is 2.25. The Morgan fingerprint density at radius 3 is 2.12 bits per heavy atom. The van der Waals surface area contributed by atoms with Crippen LogP contribution in [0.4, 0.5) is 14.5 Å². The minimum Gasteiger partial charge on any atom is -0.326 e. The van der Waals surface area contributed by atoms with Gasteiger partial charge in [0.2, 0.25) is 5.91 Å². The number of alkyl halides is 2. The van der Waals surface area contributed by atoms with Crippen molar-refractivity contribution in [2.75, 3.05) is 5.32 Å². The molecule has 1 heterocycles. The maximum atomic E-state index is 12.5. The van der Waals surface area contributed by atoms with E-state index in [0.29, 0.717) is 29.6 Å². The number of aryl methyl sites for hydroxylation is 5. The van der Waals surface area contributed by atoms with Crippen LogP contribution in [0.2, 0.25) is 0 Å². The Labute approximate surface area is 156 Å². The van der Waals surface area contributed by atoms with Gasteiger partial charge in [-0.25, -0.2) is 9.97 Å². The number of carbonyl (C=O) groups excluding carboxylic acids is 1. The highest BCUT2D eigenvalue weighted by molar-refractivity contribution is 7.99. The van der Waals surface area contributed by atoms with Crippen LogP contribution in [0.25, 0.3) is 0 Å². The Hall–Kier alpha value is -2.02. The molecule has 1 aromatic heterocycles. The van der Waals surface area contributed by atoms with E-state index in [4.69, 9.17) is 0 Å². The highest BCUT2D eigenvalue weighted by Gasteiger charge is 2.15. The zero-order chi connectivity index (χ0) is 19.4. The van der Waals surface area contributed by atoms with Gasteiger partial charge < -0.3 is 5.32 Å². The summed E-state index contributed by atoms with van der Waals surface area (Å²) in [5, 5.41) is 3.03. The maximum Gasteiger partial charge on any atom is 0.291 e. The van der Waals surface area contributed by atoms with Crippen LogP contribution in [0.3, 0.4) is 0 Å². The number of nitrogens with one attached hydrogen (secondary N) is 1. The van der Waals surface area contributed by atoms with E-state index in [1.54, 1.807) is 13.8 Å². The molecule has 140 valence electrons. The Morgan fingerprint density at radius 2 is 1.62 bits per heavy atom. The number of amides is 1. The van der Waals surface area contributed by atoms with Crippen molar-refractivity contribution in [2.45, 2.75) is 58.4 Å².